The minimum absolute atomic E-state index is 0.00345. The Morgan fingerprint density at radius 2 is 1.86 bits per heavy atom. The van der Waals surface area contributed by atoms with Crippen LogP contribution in [0.25, 0.3) is 10.2 Å². The minimum Gasteiger partial charge on any atom is -0.497 e. The van der Waals surface area contributed by atoms with Crippen LogP contribution in [0.3, 0.4) is 0 Å². The predicted octanol–water partition coefficient (Wildman–Crippen LogP) is 4.60. The van der Waals surface area contributed by atoms with Gasteiger partial charge in [0.2, 0.25) is 0 Å². The highest BCUT2D eigenvalue weighted by Gasteiger charge is 2.23. The number of aromatic nitrogens is 1. The average molecular weight is 398 g/mol. The third-order valence-electron chi connectivity index (χ3n) is 4.97. The van der Waals surface area contributed by atoms with E-state index in [1.165, 1.54) is 0 Å². The molecule has 1 heterocycles. The van der Waals surface area contributed by atoms with Gasteiger partial charge in [-0.1, -0.05) is 43.4 Å². The molecule has 1 aromatic heterocycles. The standard InChI is InChI=1S/C22H27N3O2S/c1-5-24(6-2)13-14-25(21(26)18-10-8-7-9-16(18)3)22-23-19-15-17(27-4)11-12-20(19)28-22/h7-12,15H,5-6,13-14H2,1-4H3. The molecule has 5 nitrogen and oxygen atoms in total. The average Bonchev–Trinajstić information content (AvgIpc) is 3.14. The number of benzene rings is 2. The smallest absolute Gasteiger partial charge is 0.260 e. The zero-order chi connectivity index (χ0) is 20.1. The summed E-state index contributed by atoms with van der Waals surface area (Å²) in [6.07, 6.45) is 0. The molecule has 28 heavy (non-hydrogen) atoms. The zero-order valence-corrected chi connectivity index (χ0v) is 17.8. The molecular weight excluding hydrogens is 370 g/mol. The number of nitrogens with zero attached hydrogens (tertiary/aromatic N) is 3. The number of carbonyl (C=O) groups excluding carboxylic acids is 1. The van der Waals surface area contributed by atoms with E-state index in [0.29, 0.717) is 6.54 Å². The van der Waals surface area contributed by atoms with Gasteiger partial charge in [-0.05, 0) is 43.8 Å². The molecule has 0 aliphatic carbocycles. The summed E-state index contributed by atoms with van der Waals surface area (Å²) in [7, 11) is 1.65. The third-order valence-corrected chi connectivity index (χ3v) is 6.03. The molecule has 0 atom stereocenters. The van der Waals surface area contributed by atoms with Crippen LogP contribution in [0.5, 0.6) is 5.75 Å². The Morgan fingerprint density at radius 1 is 1.11 bits per heavy atom. The first-order valence-corrected chi connectivity index (χ1v) is 10.4. The second-order valence-corrected chi connectivity index (χ2v) is 7.64. The monoisotopic (exact) mass is 397 g/mol. The van der Waals surface area contributed by atoms with Gasteiger partial charge in [0.25, 0.3) is 5.91 Å². The Balaban J connectivity index is 1.97. The third kappa shape index (κ3) is 4.34. The number of methoxy groups -OCH3 is 1. The molecule has 1 amide bonds. The van der Waals surface area contributed by atoms with Crippen molar-refractivity contribution in [3.63, 3.8) is 0 Å². The molecular formula is C22H27N3O2S. The largest absolute Gasteiger partial charge is 0.497 e. The van der Waals surface area contributed by atoms with E-state index in [1.54, 1.807) is 18.4 Å². The number of fused-ring (bicyclic) bond motifs is 1. The number of amides is 1. The predicted molar refractivity (Wildman–Crippen MR) is 117 cm³/mol. The van der Waals surface area contributed by atoms with Gasteiger partial charge in [0.15, 0.2) is 5.13 Å². The molecule has 0 aliphatic rings. The molecule has 0 fully saturated rings. The van der Waals surface area contributed by atoms with Crippen molar-refractivity contribution in [3.05, 3.63) is 53.6 Å². The fraction of sp³-hybridized carbons (Fsp3) is 0.364. The van der Waals surface area contributed by atoms with E-state index >= 15 is 0 Å². The summed E-state index contributed by atoms with van der Waals surface area (Å²) in [5.41, 5.74) is 2.55. The van der Waals surface area contributed by atoms with E-state index < -0.39 is 0 Å². The lowest BCUT2D eigenvalue weighted by Crippen LogP contribution is -2.39. The second kappa shape index (κ2) is 9.17. The Morgan fingerprint density at radius 3 is 2.54 bits per heavy atom. The van der Waals surface area contributed by atoms with Crippen LogP contribution in [0.15, 0.2) is 42.5 Å². The summed E-state index contributed by atoms with van der Waals surface area (Å²) in [5, 5.41) is 0.726. The number of anilines is 1. The fourth-order valence-corrected chi connectivity index (χ4v) is 4.13. The molecule has 3 aromatic rings. The van der Waals surface area contributed by atoms with Crippen molar-refractivity contribution in [2.24, 2.45) is 0 Å². The maximum Gasteiger partial charge on any atom is 0.260 e. The first-order chi connectivity index (χ1) is 13.6. The lowest BCUT2D eigenvalue weighted by molar-refractivity contribution is 0.0983. The molecule has 0 radical (unpaired) electrons. The highest BCUT2D eigenvalue weighted by Crippen LogP contribution is 2.32. The maximum absolute atomic E-state index is 13.4. The van der Waals surface area contributed by atoms with E-state index in [4.69, 9.17) is 9.72 Å². The van der Waals surface area contributed by atoms with Crippen molar-refractivity contribution in [2.75, 3.05) is 38.2 Å². The van der Waals surface area contributed by atoms with Gasteiger partial charge in [0.1, 0.15) is 5.75 Å². The quantitative estimate of drug-likeness (QED) is 0.557. The van der Waals surface area contributed by atoms with Crippen LogP contribution in [-0.2, 0) is 0 Å². The first-order valence-electron chi connectivity index (χ1n) is 9.61. The molecule has 3 rings (SSSR count). The van der Waals surface area contributed by atoms with E-state index in [1.807, 2.05) is 54.3 Å². The van der Waals surface area contributed by atoms with Crippen LogP contribution in [0, 0.1) is 6.92 Å². The van der Waals surface area contributed by atoms with E-state index in [-0.39, 0.29) is 5.91 Å². The van der Waals surface area contributed by atoms with Gasteiger partial charge in [0.05, 0.1) is 17.3 Å². The number of carbonyl (C=O) groups is 1. The van der Waals surface area contributed by atoms with Gasteiger partial charge in [-0.3, -0.25) is 9.69 Å². The lowest BCUT2D eigenvalue weighted by atomic mass is 10.1. The normalized spacial score (nSPS) is 11.2. The zero-order valence-electron chi connectivity index (χ0n) is 16.9. The minimum atomic E-state index is -0.00345. The SMILES string of the molecule is CCN(CC)CCN(C(=O)c1ccccc1C)c1nc2cc(OC)ccc2s1. The Hall–Kier alpha value is -2.44. The summed E-state index contributed by atoms with van der Waals surface area (Å²) in [6.45, 7) is 9.58. The van der Waals surface area contributed by atoms with Crippen molar-refractivity contribution in [2.45, 2.75) is 20.8 Å². The molecule has 6 heteroatoms. The molecule has 148 valence electrons. The number of hydrogen-bond acceptors (Lipinski definition) is 5. The van der Waals surface area contributed by atoms with Crippen LogP contribution in [0.4, 0.5) is 5.13 Å². The highest BCUT2D eigenvalue weighted by atomic mass is 32.1. The molecule has 0 N–H and O–H groups in total. The number of thiazole rings is 1. The van der Waals surface area contributed by atoms with Crippen LogP contribution in [-0.4, -0.2) is 49.1 Å². The Kier molecular flexibility index (Phi) is 6.65. The van der Waals surface area contributed by atoms with Crippen LogP contribution in [0.1, 0.15) is 29.8 Å². The number of aryl methyl sites for hydroxylation is 1. The molecule has 0 unspecified atom stereocenters. The Labute approximate surface area is 170 Å². The van der Waals surface area contributed by atoms with Crippen molar-refractivity contribution < 1.29 is 9.53 Å². The van der Waals surface area contributed by atoms with Gasteiger partial charge in [-0.2, -0.15) is 0 Å². The van der Waals surface area contributed by atoms with E-state index in [9.17, 15) is 4.79 Å². The molecule has 0 spiro atoms. The van der Waals surface area contributed by atoms with Crippen LogP contribution >= 0.6 is 11.3 Å². The van der Waals surface area contributed by atoms with E-state index in [2.05, 4.69) is 18.7 Å². The van der Waals surface area contributed by atoms with E-state index in [0.717, 1.165) is 51.9 Å². The van der Waals surface area contributed by atoms with Gasteiger partial charge >= 0.3 is 0 Å². The Bertz CT molecular complexity index is 950. The molecule has 2 aromatic carbocycles. The molecule has 0 aliphatic heterocycles. The fourth-order valence-electron chi connectivity index (χ4n) is 3.16. The maximum atomic E-state index is 13.4. The first kappa shape index (κ1) is 20.3. The number of likely N-dealkylation sites (N-methyl/N-ethyl adjacent to an activating group) is 1. The highest BCUT2D eigenvalue weighted by molar-refractivity contribution is 7.22. The summed E-state index contributed by atoms with van der Waals surface area (Å²) in [4.78, 5) is 22.3. The number of hydrogen-bond donors (Lipinski definition) is 0. The summed E-state index contributed by atoms with van der Waals surface area (Å²) < 4.78 is 6.35. The molecule has 0 saturated carbocycles. The van der Waals surface area contributed by atoms with Crippen molar-refractivity contribution >= 4 is 32.6 Å². The van der Waals surface area contributed by atoms with Gasteiger partial charge < -0.3 is 9.64 Å². The summed E-state index contributed by atoms with van der Waals surface area (Å²) >= 11 is 1.54. The second-order valence-electron chi connectivity index (χ2n) is 6.63. The number of ether oxygens (including phenoxy) is 1. The van der Waals surface area contributed by atoms with Crippen LogP contribution < -0.4 is 9.64 Å². The molecule has 0 saturated heterocycles. The topological polar surface area (TPSA) is 45.7 Å². The number of rotatable bonds is 8. The molecule has 0 bridgehead atoms. The lowest BCUT2D eigenvalue weighted by Gasteiger charge is -2.25. The summed E-state index contributed by atoms with van der Waals surface area (Å²) in [6, 6.07) is 13.6. The van der Waals surface area contributed by atoms with Crippen LogP contribution in [0.2, 0.25) is 0 Å². The van der Waals surface area contributed by atoms with Gasteiger partial charge in [-0.15, -0.1) is 0 Å². The van der Waals surface area contributed by atoms with Crippen molar-refractivity contribution in [1.82, 2.24) is 9.88 Å². The van der Waals surface area contributed by atoms with Crippen molar-refractivity contribution in [1.29, 1.82) is 0 Å². The van der Waals surface area contributed by atoms with Gasteiger partial charge in [-0.25, -0.2) is 4.98 Å². The van der Waals surface area contributed by atoms with Gasteiger partial charge in [0, 0.05) is 24.7 Å². The summed E-state index contributed by atoms with van der Waals surface area (Å²) in [5.74, 6) is 0.764. The van der Waals surface area contributed by atoms with Crippen molar-refractivity contribution in [3.8, 4) is 5.75 Å².